The normalized spacial score (nSPS) is 23.0. The molecule has 0 bridgehead atoms. The summed E-state index contributed by atoms with van der Waals surface area (Å²) in [5, 5.41) is 13.1. The number of aliphatic hydroxyl groups is 1. The van der Waals surface area contributed by atoms with Gasteiger partial charge in [-0.25, -0.2) is 27.7 Å². The molecule has 5 rings (SSSR count). The van der Waals surface area contributed by atoms with Crippen LogP contribution in [0.4, 0.5) is 11.8 Å². The summed E-state index contributed by atoms with van der Waals surface area (Å²) >= 11 is 0. The zero-order valence-electron chi connectivity index (χ0n) is 17.5. The third kappa shape index (κ3) is 3.93. The fourth-order valence-corrected chi connectivity index (χ4v) is 5.95. The maximum atomic E-state index is 13.4. The van der Waals surface area contributed by atoms with Crippen molar-refractivity contribution in [2.24, 2.45) is 0 Å². The highest BCUT2D eigenvalue weighted by molar-refractivity contribution is 7.92. The van der Waals surface area contributed by atoms with Gasteiger partial charge in [0.2, 0.25) is 5.95 Å². The first-order valence-corrected chi connectivity index (χ1v) is 12.3. The molecule has 1 unspecified atom stereocenters. The average Bonchev–Trinajstić information content (AvgIpc) is 3.22. The minimum atomic E-state index is -3.74. The van der Waals surface area contributed by atoms with Gasteiger partial charge < -0.3 is 10.4 Å². The van der Waals surface area contributed by atoms with Crippen LogP contribution < -0.4 is 9.62 Å². The monoisotopic (exact) mass is 451 g/mol. The highest BCUT2D eigenvalue weighted by atomic mass is 32.2. The zero-order chi connectivity index (χ0) is 22.1. The van der Waals surface area contributed by atoms with Crippen LogP contribution in [0.2, 0.25) is 0 Å². The minimum Gasteiger partial charge on any atom is -0.393 e. The van der Waals surface area contributed by atoms with Gasteiger partial charge in [0.05, 0.1) is 16.7 Å². The van der Waals surface area contributed by atoms with Crippen LogP contribution in [0.1, 0.15) is 42.9 Å². The largest absolute Gasteiger partial charge is 0.393 e. The fraction of sp³-hybridized carbons (Fsp3) is 0.348. The fourth-order valence-electron chi connectivity index (χ4n) is 4.46. The maximum Gasteiger partial charge on any atom is 0.265 e. The quantitative estimate of drug-likeness (QED) is 0.614. The molecule has 0 amide bonds. The second-order valence-corrected chi connectivity index (χ2v) is 10.1. The van der Waals surface area contributed by atoms with Crippen LogP contribution in [-0.4, -0.2) is 47.2 Å². The first kappa shape index (κ1) is 20.8. The van der Waals surface area contributed by atoms with E-state index in [1.807, 2.05) is 18.2 Å². The van der Waals surface area contributed by atoms with Gasteiger partial charge in [-0.05, 0) is 49.9 Å². The van der Waals surface area contributed by atoms with Crippen molar-refractivity contribution in [2.45, 2.75) is 48.6 Å². The smallest absolute Gasteiger partial charge is 0.265 e. The molecule has 8 nitrogen and oxygen atoms in total. The minimum absolute atomic E-state index is 0.222. The molecule has 1 aromatic carbocycles. The van der Waals surface area contributed by atoms with Crippen LogP contribution >= 0.6 is 0 Å². The van der Waals surface area contributed by atoms with Gasteiger partial charge >= 0.3 is 0 Å². The lowest BCUT2D eigenvalue weighted by atomic mass is 9.93. The lowest BCUT2D eigenvalue weighted by molar-refractivity contribution is 0.126. The Kier molecular flexibility index (Phi) is 5.52. The molecule has 3 aromatic rings. The standard InChI is InChI=1S/C23H25N5O3S/c29-17-10-8-16(9-11-17)26-23-25-14-12-21(27-23)20-15-28(22-19(20)7-4-13-24-22)32(30,31)18-5-2-1-3-6-18/h1-7,12-14,16-17,20,29H,8-11,15H2,(H,25,26,27). The summed E-state index contributed by atoms with van der Waals surface area (Å²) in [5.74, 6) is 0.725. The van der Waals surface area contributed by atoms with E-state index in [0.29, 0.717) is 11.8 Å². The number of anilines is 2. The van der Waals surface area contributed by atoms with E-state index in [4.69, 9.17) is 4.98 Å². The van der Waals surface area contributed by atoms with Gasteiger partial charge in [-0.3, -0.25) is 0 Å². The van der Waals surface area contributed by atoms with Crippen molar-refractivity contribution in [3.05, 3.63) is 72.2 Å². The maximum absolute atomic E-state index is 13.4. The predicted molar refractivity (Wildman–Crippen MR) is 121 cm³/mol. The van der Waals surface area contributed by atoms with E-state index >= 15 is 0 Å². The zero-order valence-corrected chi connectivity index (χ0v) is 18.3. The summed E-state index contributed by atoms with van der Waals surface area (Å²) in [6.07, 6.45) is 6.37. The van der Waals surface area contributed by atoms with Crippen LogP contribution in [0.5, 0.6) is 0 Å². The molecule has 1 fully saturated rings. The number of hydrogen-bond acceptors (Lipinski definition) is 7. The molecule has 3 heterocycles. The van der Waals surface area contributed by atoms with Crippen LogP contribution in [0.3, 0.4) is 0 Å². The second kappa shape index (κ2) is 8.48. The molecule has 0 spiro atoms. The molecule has 9 heteroatoms. The average molecular weight is 452 g/mol. The Hall–Kier alpha value is -3.04. The van der Waals surface area contributed by atoms with Crippen molar-refractivity contribution in [3.63, 3.8) is 0 Å². The van der Waals surface area contributed by atoms with Crippen LogP contribution in [0, 0.1) is 0 Å². The lowest BCUT2D eigenvalue weighted by Crippen LogP contribution is -2.31. The number of pyridine rings is 1. The summed E-state index contributed by atoms with van der Waals surface area (Å²) in [6.45, 7) is 0.232. The van der Waals surface area contributed by atoms with Crippen molar-refractivity contribution in [1.82, 2.24) is 15.0 Å². The molecule has 1 atom stereocenters. The molecular weight excluding hydrogens is 426 g/mol. The van der Waals surface area contributed by atoms with Crippen LogP contribution in [0.15, 0.2) is 65.8 Å². The van der Waals surface area contributed by atoms with E-state index in [1.165, 1.54) is 4.31 Å². The number of sulfonamides is 1. The lowest BCUT2D eigenvalue weighted by Gasteiger charge is -2.26. The molecule has 32 heavy (non-hydrogen) atoms. The first-order valence-electron chi connectivity index (χ1n) is 10.8. The van der Waals surface area contributed by atoms with Crippen molar-refractivity contribution in [3.8, 4) is 0 Å². The molecule has 0 saturated heterocycles. The second-order valence-electron chi connectivity index (χ2n) is 8.27. The Labute approximate surface area is 187 Å². The van der Waals surface area contributed by atoms with Crippen molar-refractivity contribution in [2.75, 3.05) is 16.2 Å². The molecule has 2 aromatic heterocycles. The highest BCUT2D eigenvalue weighted by Crippen LogP contribution is 2.40. The van der Waals surface area contributed by atoms with Crippen molar-refractivity contribution >= 4 is 21.8 Å². The molecule has 2 N–H and O–H groups in total. The van der Waals surface area contributed by atoms with Gasteiger partial charge in [-0.15, -0.1) is 0 Å². The number of nitrogens with zero attached hydrogens (tertiary/aromatic N) is 4. The van der Waals surface area contributed by atoms with E-state index in [9.17, 15) is 13.5 Å². The van der Waals surface area contributed by atoms with E-state index in [0.717, 1.165) is 36.9 Å². The number of rotatable bonds is 5. The van der Waals surface area contributed by atoms with Gasteiger partial charge in [-0.2, -0.15) is 0 Å². The van der Waals surface area contributed by atoms with Gasteiger partial charge in [-0.1, -0.05) is 24.3 Å². The molecule has 0 radical (unpaired) electrons. The summed E-state index contributed by atoms with van der Waals surface area (Å²) < 4.78 is 28.1. The first-order chi connectivity index (χ1) is 15.5. The van der Waals surface area contributed by atoms with E-state index in [1.54, 1.807) is 42.7 Å². The third-order valence-electron chi connectivity index (χ3n) is 6.17. The topological polar surface area (TPSA) is 108 Å². The Morgan fingerprint density at radius 1 is 0.938 bits per heavy atom. The molecular formula is C23H25N5O3S. The SMILES string of the molecule is O=S(=O)(c1ccccc1)N1CC(c2ccnc(NC3CCC(O)CC3)n2)c2cccnc21. The van der Waals surface area contributed by atoms with Gasteiger partial charge in [0, 0.05) is 36.5 Å². The predicted octanol–water partition coefficient (Wildman–Crippen LogP) is 2.93. The summed E-state index contributed by atoms with van der Waals surface area (Å²) in [4.78, 5) is 13.7. The number of nitrogens with one attached hydrogen (secondary N) is 1. The molecule has 1 saturated carbocycles. The Balaban J connectivity index is 1.44. The molecule has 1 aliphatic carbocycles. The van der Waals surface area contributed by atoms with Crippen molar-refractivity contribution in [1.29, 1.82) is 0 Å². The number of aliphatic hydroxyl groups excluding tert-OH is 1. The van der Waals surface area contributed by atoms with Crippen LogP contribution in [0.25, 0.3) is 0 Å². The Morgan fingerprint density at radius 3 is 2.50 bits per heavy atom. The highest BCUT2D eigenvalue weighted by Gasteiger charge is 2.39. The van der Waals surface area contributed by atoms with E-state index < -0.39 is 10.0 Å². The number of hydrogen-bond donors (Lipinski definition) is 2. The Bertz CT molecular complexity index is 1200. The molecule has 1 aliphatic heterocycles. The van der Waals surface area contributed by atoms with Gasteiger partial charge in [0.15, 0.2) is 0 Å². The van der Waals surface area contributed by atoms with Gasteiger partial charge in [0.1, 0.15) is 5.82 Å². The Morgan fingerprint density at radius 2 is 1.72 bits per heavy atom. The third-order valence-corrected chi connectivity index (χ3v) is 7.94. The van der Waals surface area contributed by atoms with Gasteiger partial charge in [0.25, 0.3) is 10.0 Å². The van der Waals surface area contributed by atoms with E-state index in [2.05, 4.69) is 15.3 Å². The number of benzene rings is 1. The van der Waals surface area contributed by atoms with Crippen LogP contribution in [-0.2, 0) is 10.0 Å². The molecule has 2 aliphatic rings. The van der Waals surface area contributed by atoms with Crippen molar-refractivity contribution < 1.29 is 13.5 Å². The summed E-state index contributed by atoms with van der Waals surface area (Å²) in [5.41, 5.74) is 1.58. The molecule has 166 valence electrons. The van der Waals surface area contributed by atoms with E-state index in [-0.39, 0.29) is 29.5 Å². The number of aromatic nitrogens is 3. The number of fused-ring (bicyclic) bond motifs is 1. The summed E-state index contributed by atoms with van der Waals surface area (Å²) in [7, 11) is -3.74. The summed E-state index contributed by atoms with van der Waals surface area (Å²) in [6, 6.07) is 14.2.